The molecule has 2 heterocycles. The summed E-state index contributed by atoms with van der Waals surface area (Å²) in [5, 5.41) is 0. The van der Waals surface area contributed by atoms with Crippen LogP contribution in [-0.2, 0) is 10.0 Å². The van der Waals surface area contributed by atoms with E-state index in [-0.39, 0.29) is 6.04 Å². The van der Waals surface area contributed by atoms with E-state index >= 15 is 0 Å². The van der Waals surface area contributed by atoms with Gasteiger partial charge in [-0.3, -0.25) is 0 Å². The van der Waals surface area contributed by atoms with Crippen molar-refractivity contribution in [3.63, 3.8) is 0 Å². The van der Waals surface area contributed by atoms with E-state index in [1.54, 1.807) is 6.07 Å². The highest BCUT2D eigenvalue weighted by molar-refractivity contribution is 7.91. The molecule has 0 aliphatic carbocycles. The zero-order chi connectivity index (χ0) is 11.9. The Morgan fingerprint density at radius 3 is 2.62 bits per heavy atom. The Bertz CT molecular complexity index is 473. The summed E-state index contributed by atoms with van der Waals surface area (Å²) in [4.78, 5) is 1.06. The first kappa shape index (κ1) is 12.0. The molecule has 0 unspecified atom stereocenters. The predicted octanol–water partition coefficient (Wildman–Crippen LogP) is 1.09. The standard InChI is InChI=1S/C10H16N2O2S2/c1-7-5-10(15-8(7)2)16(13,14)12-4-3-9(11)6-12/h5,9H,3-4,6,11H2,1-2H3/t9-/m0/s1. The highest BCUT2D eigenvalue weighted by Gasteiger charge is 2.32. The molecule has 0 spiro atoms. The van der Waals surface area contributed by atoms with Gasteiger partial charge in [0.2, 0.25) is 0 Å². The molecule has 1 aliphatic rings. The van der Waals surface area contributed by atoms with Crippen LogP contribution in [0.15, 0.2) is 10.3 Å². The molecule has 1 atom stereocenters. The fraction of sp³-hybridized carbons (Fsp3) is 0.600. The van der Waals surface area contributed by atoms with Gasteiger partial charge < -0.3 is 5.73 Å². The Hall–Kier alpha value is -0.430. The van der Waals surface area contributed by atoms with Gasteiger partial charge in [0, 0.05) is 24.0 Å². The van der Waals surface area contributed by atoms with E-state index in [2.05, 4.69) is 0 Å². The summed E-state index contributed by atoms with van der Waals surface area (Å²) in [5.74, 6) is 0. The van der Waals surface area contributed by atoms with Crippen LogP contribution in [-0.4, -0.2) is 31.9 Å². The maximum atomic E-state index is 12.2. The Labute approximate surface area is 100 Å². The first-order chi connectivity index (χ1) is 7.41. The molecule has 0 amide bonds. The van der Waals surface area contributed by atoms with Gasteiger partial charge in [-0.05, 0) is 31.9 Å². The number of hydrogen-bond acceptors (Lipinski definition) is 4. The first-order valence-electron chi connectivity index (χ1n) is 5.24. The van der Waals surface area contributed by atoms with Crippen LogP contribution in [0.4, 0.5) is 0 Å². The van der Waals surface area contributed by atoms with Crippen LogP contribution >= 0.6 is 11.3 Å². The Morgan fingerprint density at radius 2 is 2.19 bits per heavy atom. The number of aryl methyl sites for hydroxylation is 2. The van der Waals surface area contributed by atoms with Crippen LogP contribution < -0.4 is 5.73 Å². The van der Waals surface area contributed by atoms with Gasteiger partial charge in [-0.25, -0.2) is 8.42 Å². The number of sulfonamides is 1. The molecule has 16 heavy (non-hydrogen) atoms. The minimum absolute atomic E-state index is 0.0167. The maximum Gasteiger partial charge on any atom is 0.252 e. The van der Waals surface area contributed by atoms with E-state index in [4.69, 9.17) is 5.73 Å². The van der Waals surface area contributed by atoms with E-state index < -0.39 is 10.0 Å². The molecule has 1 aromatic heterocycles. The second kappa shape index (κ2) is 4.10. The largest absolute Gasteiger partial charge is 0.326 e. The molecule has 0 bridgehead atoms. The van der Waals surface area contributed by atoms with Gasteiger partial charge in [0.1, 0.15) is 4.21 Å². The molecule has 1 saturated heterocycles. The van der Waals surface area contributed by atoms with Crippen LogP contribution in [0, 0.1) is 13.8 Å². The van der Waals surface area contributed by atoms with E-state index in [0.29, 0.717) is 17.3 Å². The van der Waals surface area contributed by atoms with Crippen molar-refractivity contribution in [1.82, 2.24) is 4.31 Å². The monoisotopic (exact) mass is 260 g/mol. The second-order valence-electron chi connectivity index (χ2n) is 4.22. The molecule has 90 valence electrons. The maximum absolute atomic E-state index is 12.2. The molecular formula is C10H16N2O2S2. The van der Waals surface area contributed by atoms with Crippen molar-refractivity contribution in [2.45, 2.75) is 30.5 Å². The average Bonchev–Trinajstić information content (AvgIpc) is 2.75. The van der Waals surface area contributed by atoms with Crippen molar-refractivity contribution >= 4 is 21.4 Å². The normalized spacial score (nSPS) is 22.8. The molecule has 0 saturated carbocycles. The van der Waals surface area contributed by atoms with Gasteiger partial charge >= 0.3 is 0 Å². The Balaban J connectivity index is 2.32. The molecule has 0 aromatic carbocycles. The summed E-state index contributed by atoms with van der Waals surface area (Å²) < 4.78 is 26.4. The van der Waals surface area contributed by atoms with Gasteiger partial charge in [0.25, 0.3) is 10.0 Å². The van der Waals surface area contributed by atoms with Crippen molar-refractivity contribution in [2.75, 3.05) is 13.1 Å². The van der Waals surface area contributed by atoms with Gasteiger partial charge in [-0.2, -0.15) is 4.31 Å². The number of rotatable bonds is 2. The average molecular weight is 260 g/mol. The lowest BCUT2D eigenvalue weighted by Crippen LogP contribution is -2.31. The fourth-order valence-corrected chi connectivity index (χ4v) is 4.95. The minimum atomic E-state index is -3.30. The quantitative estimate of drug-likeness (QED) is 0.865. The summed E-state index contributed by atoms with van der Waals surface area (Å²) in [7, 11) is -3.30. The van der Waals surface area contributed by atoms with Crippen molar-refractivity contribution in [3.05, 3.63) is 16.5 Å². The molecule has 1 fully saturated rings. The lowest BCUT2D eigenvalue weighted by molar-refractivity contribution is 0.474. The highest BCUT2D eigenvalue weighted by atomic mass is 32.2. The molecule has 2 N–H and O–H groups in total. The van der Waals surface area contributed by atoms with Crippen molar-refractivity contribution < 1.29 is 8.42 Å². The molecule has 2 rings (SSSR count). The number of nitrogens with two attached hydrogens (primary N) is 1. The number of hydrogen-bond donors (Lipinski definition) is 1. The molecule has 0 radical (unpaired) electrons. The van der Waals surface area contributed by atoms with Crippen LogP contribution in [0.25, 0.3) is 0 Å². The first-order valence-corrected chi connectivity index (χ1v) is 7.49. The summed E-state index contributed by atoms with van der Waals surface area (Å²) in [6, 6.07) is 1.73. The zero-order valence-electron chi connectivity index (χ0n) is 9.43. The van der Waals surface area contributed by atoms with Crippen molar-refractivity contribution in [3.8, 4) is 0 Å². The lowest BCUT2D eigenvalue weighted by atomic mass is 10.3. The minimum Gasteiger partial charge on any atom is -0.326 e. The van der Waals surface area contributed by atoms with Gasteiger partial charge in [0.05, 0.1) is 0 Å². The Morgan fingerprint density at radius 1 is 1.50 bits per heavy atom. The van der Waals surface area contributed by atoms with E-state index in [9.17, 15) is 8.42 Å². The molecule has 1 aliphatic heterocycles. The third kappa shape index (κ3) is 2.02. The van der Waals surface area contributed by atoms with Gasteiger partial charge in [-0.15, -0.1) is 11.3 Å². The smallest absolute Gasteiger partial charge is 0.252 e. The summed E-state index contributed by atoms with van der Waals surface area (Å²) in [6.07, 6.45) is 0.753. The van der Waals surface area contributed by atoms with Crippen LogP contribution in [0.1, 0.15) is 16.9 Å². The third-order valence-electron chi connectivity index (χ3n) is 2.92. The summed E-state index contributed by atoms with van der Waals surface area (Å²) >= 11 is 1.34. The van der Waals surface area contributed by atoms with Crippen LogP contribution in [0.5, 0.6) is 0 Å². The predicted molar refractivity (Wildman–Crippen MR) is 65.1 cm³/mol. The molecule has 1 aromatic rings. The van der Waals surface area contributed by atoms with Crippen molar-refractivity contribution in [1.29, 1.82) is 0 Å². The molecular weight excluding hydrogens is 244 g/mol. The fourth-order valence-electron chi connectivity index (χ4n) is 1.77. The molecule has 4 nitrogen and oxygen atoms in total. The van der Waals surface area contributed by atoms with Crippen LogP contribution in [0.2, 0.25) is 0 Å². The van der Waals surface area contributed by atoms with E-state index in [1.165, 1.54) is 15.6 Å². The molecule has 6 heteroatoms. The van der Waals surface area contributed by atoms with Crippen molar-refractivity contribution in [2.24, 2.45) is 5.73 Å². The Kier molecular flexibility index (Phi) is 3.09. The SMILES string of the molecule is Cc1cc(S(=O)(=O)N2CC[C@H](N)C2)sc1C. The third-order valence-corrected chi connectivity index (χ3v) is 6.39. The van der Waals surface area contributed by atoms with E-state index in [1.807, 2.05) is 13.8 Å². The number of nitrogens with zero attached hydrogens (tertiary/aromatic N) is 1. The van der Waals surface area contributed by atoms with E-state index in [0.717, 1.165) is 16.9 Å². The second-order valence-corrected chi connectivity index (χ2v) is 7.64. The zero-order valence-corrected chi connectivity index (χ0v) is 11.1. The topological polar surface area (TPSA) is 63.4 Å². The summed E-state index contributed by atoms with van der Waals surface area (Å²) in [5.41, 5.74) is 6.77. The summed E-state index contributed by atoms with van der Waals surface area (Å²) in [6.45, 7) is 4.85. The highest BCUT2D eigenvalue weighted by Crippen LogP contribution is 2.29. The van der Waals surface area contributed by atoms with Gasteiger partial charge in [-0.1, -0.05) is 0 Å². The van der Waals surface area contributed by atoms with Gasteiger partial charge in [0.15, 0.2) is 0 Å². The number of thiophene rings is 1. The lowest BCUT2D eigenvalue weighted by Gasteiger charge is -2.14. The van der Waals surface area contributed by atoms with Crippen LogP contribution in [0.3, 0.4) is 0 Å².